The molecule has 0 saturated carbocycles. The molecule has 2 aliphatic heterocycles. The zero-order valence-electron chi connectivity index (χ0n) is 16.5. The van der Waals surface area contributed by atoms with Crippen LogP contribution in [-0.2, 0) is 20.9 Å². The van der Waals surface area contributed by atoms with Crippen LogP contribution in [0.1, 0.15) is 25.3 Å². The Hall–Kier alpha value is -1.92. The van der Waals surface area contributed by atoms with Crippen LogP contribution in [0.2, 0.25) is 0 Å². The van der Waals surface area contributed by atoms with Gasteiger partial charge >= 0.3 is 0 Å². The zero-order valence-corrected chi connectivity index (χ0v) is 16.5. The van der Waals surface area contributed by atoms with Crippen LogP contribution in [-0.4, -0.2) is 79.0 Å². The van der Waals surface area contributed by atoms with Crippen LogP contribution in [0.25, 0.3) is 0 Å². The minimum absolute atomic E-state index is 0.0868. The molecule has 2 aliphatic rings. The number of amides is 2. The molecule has 1 unspecified atom stereocenters. The number of benzene rings is 1. The molecule has 6 heteroatoms. The van der Waals surface area contributed by atoms with Crippen molar-refractivity contribution in [2.24, 2.45) is 5.92 Å². The van der Waals surface area contributed by atoms with Crippen molar-refractivity contribution < 1.29 is 14.3 Å². The maximum absolute atomic E-state index is 12.8. The Morgan fingerprint density at radius 3 is 2.37 bits per heavy atom. The number of nitrogens with zero attached hydrogens (tertiary/aromatic N) is 3. The number of carbonyl (C=O) groups excluding carboxylic acids is 2. The molecule has 2 saturated heterocycles. The van der Waals surface area contributed by atoms with Crippen molar-refractivity contribution in [3.8, 4) is 0 Å². The van der Waals surface area contributed by atoms with Crippen molar-refractivity contribution in [3.63, 3.8) is 0 Å². The second-order valence-electron chi connectivity index (χ2n) is 7.60. The van der Waals surface area contributed by atoms with Gasteiger partial charge in [-0.2, -0.15) is 0 Å². The van der Waals surface area contributed by atoms with Gasteiger partial charge in [0.15, 0.2) is 0 Å². The van der Waals surface area contributed by atoms with E-state index in [9.17, 15) is 9.59 Å². The largest absolute Gasteiger partial charge is 0.378 e. The lowest BCUT2D eigenvalue weighted by atomic mass is 9.94. The van der Waals surface area contributed by atoms with Crippen molar-refractivity contribution in [2.75, 3.05) is 46.4 Å². The minimum Gasteiger partial charge on any atom is -0.378 e. The van der Waals surface area contributed by atoms with E-state index < -0.39 is 0 Å². The van der Waals surface area contributed by atoms with Gasteiger partial charge in [-0.1, -0.05) is 30.3 Å². The quantitative estimate of drug-likeness (QED) is 0.787. The van der Waals surface area contributed by atoms with Crippen molar-refractivity contribution in [3.05, 3.63) is 35.9 Å². The summed E-state index contributed by atoms with van der Waals surface area (Å²) in [4.78, 5) is 31.4. The van der Waals surface area contributed by atoms with Gasteiger partial charge in [-0.15, -0.1) is 0 Å². The molecule has 1 atom stereocenters. The highest BCUT2D eigenvalue weighted by Gasteiger charge is 2.33. The number of morpholine rings is 1. The molecular formula is C21H31N3O3. The van der Waals surface area contributed by atoms with Crippen LogP contribution in [0.5, 0.6) is 0 Å². The van der Waals surface area contributed by atoms with E-state index in [4.69, 9.17) is 4.74 Å². The summed E-state index contributed by atoms with van der Waals surface area (Å²) in [6.07, 6.45) is 1.66. The Morgan fingerprint density at radius 1 is 1.11 bits per heavy atom. The molecule has 1 aromatic rings. The fourth-order valence-corrected chi connectivity index (χ4v) is 3.99. The molecule has 148 valence electrons. The zero-order chi connectivity index (χ0) is 19.2. The molecule has 0 aliphatic carbocycles. The lowest BCUT2D eigenvalue weighted by Gasteiger charge is -2.38. The van der Waals surface area contributed by atoms with Gasteiger partial charge in [-0.05, 0) is 38.4 Å². The summed E-state index contributed by atoms with van der Waals surface area (Å²) in [7, 11) is 1.86. The summed E-state index contributed by atoms with van der Waals surface area (Å²) in [5.74, 6) is 0.485. The van der Waals surface area contributed by atoms with Gasteiger partial charge in [0.25, 0.3) is 0 Å². The first kappa shape index (κ1) is 19.8. The van der Waals surface area contributed by atoms with Gasteiger partial charge in [0, 0.05) is 32.6 Å². The van der Waals surface area contributed by atoms with Gasteiger partial charge in [-0.3, -0.25) is 14.5 Å². The fraction of sp³-hybridized carbons (Fsp3) is 0.619. The maximum atomic E-state index is 12.8. The number of likely N-dealkylation sites (tertiary alicyclic amines) is 1. The predicted molar refractivity (Wildman–Crippen MR) is 104 cm³/mol. The number of carbonyl (C=O) groups is 2. The van der Waals surface area contributed by atoms with Crippen LogP contribution in [0.4, 0.5) is 0 Å². The van der Waals surface area contributed by atoms with E-state index in [0.29, 0.717) is 32.8 Å². The molecule has 0 radical (unpaired) electrons. The number of piperidine rings is 1. The molecule has 27 heavy (non-hydrogen) atoms. The second kappa shape index (κ2) is 9.33. The summed E-state index contributed by atoms with van der Waals surface area (Å²) in [5.41, 5.74) is 1.13. The third kappa shape index (κ3) is 5.08. The molecule has 1 aromatic carbocycles. The predicted octanol–water partition coefficient (Wildman–Crippen LogP) is 1.60. The molecule has 0 N–H and O–H groups in total. The molecule has 0 aromatic heterocycles. The van der Waals surface area contributed by atoms with Crippen molar-refractivity contribution in [2.45, 2.75) is 32.4 Å². The molecular weight excluding hydrogens is 342 g/mol. The van der Waals surface area contributed by atoms with E-state index in [0.717, 1.165) is 31.5 Å². The van der Waals surface area contributed by atoms with E-state index in [1.54, 1.807) is 4.90 Å². The van der Waals surface area contributed by atoms with Crippen LogP contribution in [0, 0.1) is 5.92 Å². The Bertz CT molecular complexity index is 623. The maximum Gasteiger partial charge on any atom is 0.239 e. The molecule has 3 rings (SSSR count). The van der Waals surface area contributed by atoms with E-state index in [-0.39, 0.29) is 23.8 Å². The van der Waals surface area contributed by atoms with Crippen LogP contribution in [0.15, 0.2) is 30.3 Å². The Morgan fingerprint density at radius 2 is 1.74 bits per heavy atom. The first-order chi connectivity index (χ1) is 13.1. The molecule has 2 amide bonds. The molecule has 6 nitrogen and oxygen atoms in total. The highest BCUT2D eigenvalue weighted by Crippen LogP contribution is 2.22. The fourth-order valence-electron chi connectivity index (χ4n) is 3.99. The Labute approximate surface area is 162 Å². The monoisotopic (exact) mass is 373 g/mol. The average molecular weight is 373 g/mol. The van der Waals surface area contributed by atoms with Crippen LogP contribution in [0.3, 0.4) is 0 Å². The van der Waals surface area contributed by atoms with Crippen molar-refractivity contribution in [1.29, 1.82) is 0 Å². The third-order valence-electron chi connectivity index (χ3n) is 5.75. The highest BCUT2D eigenvalue weighted by molar-refractivity contribution is 5.81. The summed E-state index contributed by atoms with van der Waals surface area (Å²) < 4.78 is 5.33. The first-order valence-electron chi connectivity index (χ1n) is 9.95. The van der Waals surface area contributed by atoms with Crippen molar-refractivity contribution >= 4 is 11.8 Å². The van der Waals surface area contributed by atoms with Gasteiger partial charge in [0.05, 0.1) is 19.3 Å². The number of hydrogen-bond donors (Lipinski definition) is 0. The summed E-state index contributed by atoms with van der Waals surface area (Å²) in [6, 6.07) is 9.89. The number of ether oxygens (including phenoxy) is 1. The molecule has 0 spiro atoms. The van der Waals surface area contributed by atoms with Crippen LogP contribution < -0.4 is 0 Å². The lowest BCUT2D eigenvalue weighted by Crippen LogP contribution is -2.51. The Balaban J connectivity index is 1.48. The topological polar surface area (TPSA) is 53.1 Å². The number of rotatable bonds is 5. The minimum atomic E-state index is -0.154. The standard InChI is InChI=1S/C21H31N3O3/c1-17(20(25)22(2)16-18-6-4-3-5-7-18)23-10-8-19(9-11-23)21(26)24-12-14-27-15-13-24/h3-7,17,19H,8-16H2,1-2H3. The number of likely N-dealkylation sites (N-methyl/N-ethyl adjacent to an activating group) is 1. The van der Waals surface area contributed by atoms with E-state index >= 15 is 0 Å². The van der Waals surface area contributed by atoms with E-state index in [2.05, 4.69) is 4.90 Å². The van der Waals surface area contributed by atoms with Gasteiger partial charge in [0.2, 0.25) is 11.8 Å². The van der Waals surface area contributed by atoms with Crippen LogP contribution >= 0.6 is 0 Å². The van der Waals surface area contributed by atoms with Gasteiger partial charge in [0.1, 0.15) is 0 Å². The van der Waals surface area contributed by atoms with Gasteiger partial charge in [-0.25, -0.2) is 0 Å². The lowest BCUT2D eigenvalue weighted by molar-refractivity contribution is -0.142. The SMILES string of the molecule is CC(C(=O)N(C)Cc1ccccc1)N1CCC(C(=O)N2CCOCC2)CC1. The Kier molecular flexibility index (Phi) is 6.85. The third-order valence-corrected chi connectivity index (χ3v) is 5.75. The smallest absolute Gasteiger partial charge is 0.239 e. The summed E-state index contributed by atoms with van der Waals surface area (Å²) in [5, 5.41) is 0. The first-order valence-corrected chi connectivity index (χ1v) is 9.95. The van der Waals surface area contributed by atoms with Crippen molar-refractivity contribution in [1.82, 2.24) is 14.7 Å². The average Bonchev–Trinajstić information content (AvgIpc) is 2.73. The summed E-state index contributed by atoms with van der Waals surface area (Å²) in [6.45, 7) is 6.90. The second-order valence-corrected chi connectivity index (χ2v) is 7.60. The van der Waals surface area contributed by atoms with Gasteiger partial charge < -0.3 is 14.5 Å². The number of hydrogen-bond acceptors (Lipinski definition) is 4. The normalized spacial score (nSPS) is 20.3. The summed E-state index contributed by atoms with van der Waals surface area (Å²) >= 11 is 0. The molecule has 0 bridgehead atoms. The molecule has 2 fully saturated rings. The van der Waals surface area contributed by atoms with E-state index in [1.165, 1.54) is 0 Å². The van der Waals surface area contributed by atoms with E-state index in [1.807, 2.05) is 49.2 Å². The highest BCUT2D eigenvalue weighted by atomic mass is 16.5. The molecule has 2 heterocycles.